The molecule has 1 fully saturated rings. The summed E-state index contributed by atoms with van der Waals surface area (Å²) in [5.74, 6) is -1.04. The number of aryl methyl sites for hydroxylation is 1. The van der Waals surface area contributed by atoms with E-state index < -0.39 is 33.5 Å². The predicted octanol–water partition coefficient (Wildman–Crippen LogP) is 4.86. The summed E-state index contributed by atoms with van der Waals surface area (Å²) in [6.45, 7) is 2.98. The first-order valence-electron chi connectivity index (χ1n) is 13.8. The van der Waals surface area contributed by atoms with Crippen molar-refractivity contribution in [2.45, 2.75) is 49.6 Å². The monoisotopic (exact) mass is 583 g/mol. The number of nitrogens with zero attached hydrogens (tertiary/aromatic N) is 1. The third kappa shape index (κ3) is 6.95. The Hall–Kier alpha value is -3.31. The summed E-state index contributed by atoms with van der Waals surface area (Å²) in [5, 5.41) is 26.9. The maximum Gasteiger partial charge on any atom is 0.404 e. The number of halogens is 1. The zero-order chi connectivity index (χ0) is 29.6. The van der Waals surface area contributed by atoms with Crippen molar-refractivity contribution in [3.63, 3.8) is 0 Å². The maximum atomic E-state index is 15.5. The van der Waals surface area contributed by atoms with Crippen molar-refractivity contribution in [3.8, 4) is 11.1 Å². The van der Waals surface area contributed by atoms with Gasteiger partial charge in [-0.15, -0.1) is 0 Å². The number of benzene rings is 3. The third-order valence-corrected chi connectivity index (χ3v) is 9.68. The lowest BCUT2D eigenvalue weighted by molar-refractivity contribution is -0.0509. The molecule has 1 heterocycles. The van der Waals surface area contributed by atoms with Gasteiger partial charge in [-0.05, 0) is 74.5 Å². The first kappa shape index (κ1) is 30.6. The molecule has 4 N–H and O–H groups in total. The molecule has 1 saturated heterocycles. The Morgan fingerprint density at radius 2 is 1.85 bits per heavy atom. The second-order valence-electron chi connectivity index (χ2n) is 10.7. The van der Waals surface area contributed by atoms with E-state index in [4.69, 9.17) is 5.11 Å². The van der Waals surface area contributed by atoms with Gasteiger partial charge in [0.15, 0.2) is 0 Å². The number of hydrogen-bond acceptors (Lipinski definition) is 5. The fourth-order valence-electron chi connectivity index (χ4n) is 5.77. The Balaban J connectivity index is 1.72. The zero-order valence-electron chi connectivity index (χ0n) is 23.4. The molecule has 1 aliphatic rings. The van der Waals surface area contributed by atoms with Crippen LogP contribution in [0.25, 0.3) is 11.1 Å². The van der Waals surface area contributed by atoms with E-state index in [0.717, 1.165) is 11.1 Å². The minimum absolute atomic E-state index is 0.0488. The summed E-state index contributed by atoms with van der Waals surface area (Å²) in [5.41, 5.74) is 1.53. The minimum Gasteiger partial charge on any atom is -0.465 e. The average molecular weight is 584 g/mol. The van der Waals surface area contributed by atoms with Crippen LogP contribution in [0.15, 0.2) is 71.6 Å². The summed E-state index contributed by atoms with van der Waals surface area (Å²) in [4.78, 5) is 11.2. The van der Waals surface area contributed by atoms with Crippen LogP contribution in [0.2, 0.25) is 0 Å². The largest absolute Gasteiger partial charge is 0.465 e. The summed E-state index contributed by atoms with van der Waals surface area (Å²) < 4.78 is 44.3. The number of aliphatic hydroxyl groups is 1. The molecular formula is C31H38FN3O5S. The number of sulfonamides is 1. The molecule has 0 aliphatic carbocycles. The van der Waals surface area contributed by atoms with Crippen LogP contribution in [0.3, 0.4) is 0 Å². The highest BCUT2D eigenvalue weighted by atomic mass is 32.2. The molecule has 4 rings (SSSR count). The van der Waals surface area contributed by atoms with Crippen LogP contribution < -0.4 is 10.6 Å². The Labute approximate surface area is 241 Å². The number of carboxylic acid groups (broad SMARTS) is 1. The van der Waals surface area contributed by atoms with Gasteiger partial charge in [-0.25, -0.2) is 17.6 Å². The molecule has 0 spiro atoms. The van der Waals surface area contributed by atoms with E-state index in [-0.39, 0.29) is 36.4 Å². The van der Waals surface area contributed by atoms with Gasteiger partial charge in [0, 0.05) is 37.7 Å². The summed E-state index contributed by atoms with van der Waals surface area (Å²) in [6, 6.07) is 18.7. The number of rotatable bonds is 11. The molecule has 220 valence electrons. The molecule has 3 aromatic rings. The normalized spacial score (nSPS) is 17.6. The fraction of sp³-hybridized carbons (Fsp3) is 0.387. The van der Waals surface area contributed by atoms with Crippen LogP contribution >= 0.6 is 0 Å². The lowest BCUT2D eigenvalue weighted by atomic mass is 9.72. The lowest BCUT2D eigenvalue weighted by Gasteiger charge is -2.43. The molecule has 1 unspecified atom stereocenters. The van der Waals surface area contributed by atoms with E-state index in [9.17, 15) is 18.3 Å². The molecule has 8 nitrogen and oxygen atoms in total. The minimum atomic E-state index is -3.84. The first-order chi connectivity index (χ1) is 19.6. The highest BCUT2D eigenvalue weighted by Crippen LogP contribution is 2.45. The number of hydrogen-bond donors (Lipinski definition) is 4. The van der Waals surface area contributed by atoms with Crippen LogP contribution in [-0.2, 0) is 22.2 Å². The van der Waals surface area contributed by atoms with Crippen LogP contribution in [0.5, 0.6) is 0 Å². The molecule has 0 radical (unpaired) electrons. The summed E-state index contributed by atoms with van der Waals surface area (Å²) >= 11 is 0. The fourth-order valence-corrected chi connectivity index (χ4v) is 7.30. The van der Waals surface area contributed by atoms with Gasteiger partial charge in [0.25, 0.3) is 0 Å². The van der Waals surface area contributed by atoms with Crippen LogP contribution in [-0.4, -0.2) is 55.7 Å². The van der Waals surface area contributed by atoms with Gasteiger partial charge in [0.1, 0.15) is 5.82 Å². The molecule has 0 bridgehead atoms. The standard InChI is InChI=1S/C31H38FN3O5S/c1-22-7-3-8-24(19-22)29-27(10-4-11-28(29)32)31(38,16-6-17-34-30(36)37)25-9-5-18-35(21-25)41(39,40)26-14-12-23(13-15-26)20-33-2/h3-4,7-8,10-15,19,25,33-34,38H,5-6,9,16-18,20-21H2,1-2H3,(H,36,37)/t25-,31?/m1/s1. The molecule has 41 heavy (non-hydrogen) atoms. The predicted molar refractivity (Wildman–Crippen MR) is 156 cm³/mol. The Bertz CT molecular complexity index is 1460. The van der Waals surface area contributed by atoms with Gasteiger partial charge < -0.3 is 20.8 Å². The van der Waals surface area contributed by atoms with Crippen molar-refractivity contribution in [1.82, 2.24) is 14.9 Å². The van der Waals surface area contributed by atoms with E-state index in [2.05, 4.69) is 10.6 Å². The number of piperidine rings is 1. The second-order valence-corrected chi connectivity index (χ2v) is 12.6. The van der Waals surface area contributed by atoms with Gasteiger partial charge >= 0.3 is 6.09 Å². The first-order valence-corrected chi connectivity index (χ1v) is 15.3. The summed E-state index contributed by atoms with van der Waals surface area (Å²) in [6.07, 6.45) is 0.275. The molecule has 1 aliphatic heterocycles. The van der Waals surface area contributed by atoms with Gasteiger partial charge in [-0.2, -0.15) is 4.31 Å². The van der Waals surface area contributed by atoms with Gasteiger partial charge in [-0.1, -0.05) is 54.1 Å². The molecule has 0 saturated carbocycles. The highest BCUT2D eigenvalue weighted by Gasteiger charge is 2.44. The van der Waals surface area contributed by atoms with Crippen LogP contribution in [0.1, 0.15) is 42.4 Å². The highest BCUT2D eigenvalue weighted by molar-refractivity contribution is 7.89. The number of amides is 1. The number of carbonyl (C=O) groups is 1. The average Bonchev–Trinajstić information content (AvgIpc) is 2.95. The van der Waals surface area contributed by atoms with Crippen LogP contribution in [0, 0.1) is 18.7 Å². The van der Waals surface area contributed by atoms with Crippen molar-refractivity contribution in [2.24, 2.45) is 5.92 Å². The molecular weight excluding hydrogens is 545 g/mol. The smallest absolute Gasteiger partial charge is 0.404 e. The van der Waals surface area contributed by atoms with E-state index in [1.807, 2.05) is 32.2 Å². The zero-order valence-corrected chi connectivity index (χ0v) is 24.3. The van der Waals surface area contributed by atoms with E-state index in [0.29, 0.717) is 37.1 Å². The maximum absolute atomic E-state index is 15.5. The Morgan fingerprint density at radius 3 is 2.54 bits per heavy atom. The van der Waals surface area contributed by atoms with Crippen molar-refractivity contribution in [3.05, 3.63) is 89.2 Å². The number of nitrogens with one attached hydrogen (secondary N) is 2. The van der Waals surface area contributed by atoms with Crippen LogP contribution in [0.4, 0.5) is 9.18 Å². The topological polar surface area (TPSA) is 119 Å². The lowest BCUT2D eigenvalue weighted by Crippen LogP contribution is -2.48. The van der Waals surface area contributed by atoms with Crippen molar-refractivity contribution in [1.29, 1.82) is 0 Å². The quantitative estimate of drug-likeness (QED) is 0.240. The van der Waals surface area contributed by atoms with E-state index in [1.54, 1.807) is 42.5 Å². The SMILES string of the molecule is CNCc1ccc(S(=O)(=O)N2CCC[C@@H](C(O)(CCCNC(=O)O)c3cccc(F)c3-c3cccc(C)c3)C2)cc1. The summed E-state index contributed by atoms with van der Waals surface area (Å²) in [7, 11) is -2.02. The third-order valence-electron chi connectivity index (χ3n) is 7.80. The Kier molecular flexibility index (Phi) is 9.80. The van der Waals surface area contributed by atoms with Gasteiger partial charge in [0.2, 0.25) is 10.0 Å². The molecule has 1 amide bonds. The van der Waals surface area contributed by atoms with Gasteiger partial charge in [-0.3, -0.25) is 0 Å². The second kappa shape index (κ2) is 13.1. The van der Waals surface area contributed by atoms with Crippen molar-refractivity contribution < 1.29 is 27.8 Å². The molecule has 0 aromatic heterocycles. The van der Waals surface area contributed by atoms with Crippen molar-refractivity contribution >= 4 is 16.1 Å². The van der Waals surface area contributed by atoms with Gasteiger partial charge in [0.05, 0.1) is 10.5 Å². The molecule has 3 aromatic carbocycles. The van der Waals surface area contributed by atoms with E-state index in [1.165, 1.54) is 10.4 Å². The molecule has 2 atom stereocenters. The van der Waals surface area contributed by atoms with Crippen molar-refractivity contribution in [2.75, 3.05) is 26.7 Å². The van der Waals surface area contributed by atoms with E-state index >= 15 is 4.39 Å². The Morgan fingerprint density at radius 1 is 1.12 bits per heavy atom. The molecule has 10 heteroatoms.